The zero-order valence-electron chi connectivity index (χ0n) is 35.3. The molecule has 1 N–H and O–H groups in total. The molecule has 8 rings (SSSR count). The van der Waals surface area contributed by atoms with Gasteiger partial charge >= 0.3 is 0 Å². The minimum Gasteiger partial charge on any atom is -0.507 e. The van der Waals surface area contributed by atoms with Crippen LogP contribution in [0, 0.1) is 17.8 Å². The highest BCUT2D eigenvalue weighted by atomic mass is 16.3. The van der Waals surface area contributed by atoms with Crippen LogP contribution in [-0.2, 0) is 5.41 Å². The summed E-state index contributed by atoms with van der Waals surface area (Å²) in [6.45, 7) is 10.7. The Kier molecular flexibility index (Phi) is 11.7. The van der Waals surface area contributed by atoms with E-state index in [4.69, 9.17) is 0 Å². The first-order chi connectivity index (χ1) is 28.4. The van der Waals surface area contributed by atoms with Crippen LogP contribution in [0.1, 0.15) is 115 Å². The van der Waals surface area contributed by atoms with E-state index < -0.39 is 0 Å². The number of allylic oxidation sites excluding steroid dienone is 8. The van der Waals surface area contributed by atoms with Gasteiger partial charge in [0.25, 0.3) is 0 Å². The number of benzene rings is 5. The fourth-order valence-electron chi connectivity index (χ4n) is 11.0. The molecule has 2 saturated carbocycles. The number of fused-ring (bicyclic) bond motifs is 3. The summed E-state index contributed by atoms with van der Waals surface area (Å²) in [5.74, 6) is 2.41. The van der Waals surface area contributed by atoms with Crippen molar-refractivity contribution in [3.8, 4) is 28.0 Å². The molecule has 0 aliphatic heterocycles. The Bertz CT molecular complexity index is 2340. The summed E-state index contributed by atoms with van der Waals surface area (Å²) in [5.41, 5.74) is 15.6. The van der Waals surface area contributed by atoms with Crippen molar-refractivity contribution < 1.29 is 5.11 Å². The first kappa shape index (κ1) is 39.5. The number of hydrogen-bond acceptors (Lipinski definition) is 2. The molecular formula is C56H61NO. The lowest BCUT2D eigenvalue weighted by molar-refractivity contribution is 0.124. The minimum absolute atomic E-state index is 0.0250. The molecule has 0 amide bonds. The number of anilines is 3. The van der Waals surface area contributed by atoms with Crippen molar-refractivity contribution in [2.24, 2.45) is 17.8 Å². The summed E-state index contributed by atoms with van der Waals surface area (Å²) in [4.78, 5) is 2.46. The molecule has 1 atom stereocenters. The maximum atomic E-state index is 11.5. The molecule has 2 fully saturated rings. The molecule has 0 spiro atoms. The van der Waals surface area contributed by atoms with Crippen LogP contribution in [-0.4, -0.2) is 5.11 Å². The molecule has 0 aromatic heterocycles. The van der Waals surface area contributed by atoms with Crippen molar-refractivity contribution in [1.29, 1.82) is 0 Å². The Morgan fingerprint density at radius 2 is 1.28 bits per heavy atom. The first-order valence-corrected chi connectivity index (χ1v) is 22.0. The fourth-order valence-corrected chi connectivity index (χ4v) is 11.0. The molecule has 0 bridgehead atoms. The van der Waals surface area contributed by atoms with Crippen molar-refractivity contribution in [3.05, 3.63) is 168 Å². The topological polar surface area (TPSA) is 23.5 Å². The van der Waals surface area contributed by atoms with E-state index in [0.717, 1.165) is 39.6 Å². The Morgan fingerprint density at radius 1 is 0.638 bits per heavy atom. The smallest absolute Gasteiger partial charge is 0.130 e. The van der Waals surface area contributed by atoms with Gasteiger partial charge in [-0.2, -0.15) is 0 Å². The molecule has 296 valence electrons. The maximum Gasteiger partial charge on any atom is 0.130 e. The monoisotopic (exact) mass is 763 g/mol. The van der Waals surface area contributed by atoms with E-state index in [9.17, 15) is 5.11 Å². The van der Waals surface area contributed by atoms with Gasteiger partial charge in [0.1, 0.15) is 5.75 Å². The third-order valence-electron chi connectivity index (χ3n) is 13.8. The number of nitrogens with zero attached hydrogens (tertiary/aromatic N) is 1. The maximum absolute atomic E-state index is 11.5. The van der Waals surface area contributed by atoms with E-state index >= 15 is 0 Å². The molecule has 1 unspecified atom stereocenters. The van der Waals surface area contributed by atoms with Crippen LogP contribution in [0.4, 0.5) is 17.1 Å². The van der Waals surface area contributed by atoms with Crippen LogP contribution in [0.15, 0.2) is 146 Å². The fraction of sp³-hybridized carbons (Fsp3) is 0.321. The van der Waals surface area contributed by atoms with Gasteiger partial charge in [0.2, 0.25) is 0 Å². The van der Waals surface area contributed by atoms with Crippen molar-refractivity contribution in [2.45, 2.75) is 97.8 Å². The van der Waals surface area contributed by atoms with Crippen LogP contribution < -0.4 is 4.90 Å². The van der Waals surface area contributed by atoms with Gasteiger partial charge in [-0.15, -0.1) is 0 Å². The molecule has 5 aromatic rings. The highest BCUT2D eigenvalue weighted by Crippen LogP contribution is 2.62. The predicted molar refractivity (Wildman–Crippen MR) is 249 cm³/mol. The summed E-state index contributed by atoms with van der Waals surface area (Å²) >= 11 is 0. The van der Waals surface area contributed by atoms with Gasteiger partial charge in [-0.25, -0.2) is 0 Å². The van der Waals surface area contributed by atoms with E-state index in [-0.39, 0.29) is 5.41 Å². The van der Waals surface area contributed by atoms with E-state index in [1.54, 1.807) is 11.1 Å². The quantitative estimate of drug-likeness (QED) is 0.143. The second kappa shape index (κ2) is 17.3. The molecule has 0 saturated heterocycles. The van der Waals surface area contributed by atoms with Crippen LogP contribution >= 0.6 is 0 Å². The van der Waals surface area contributed by atoms with Gasteiger partial charge < -0.3 is 10.0 Å². The third-order valence-corrected chi connectivity index (χ3v) is 13.8. The summed E-state index contributed by atoms with van der Waals surface area (Å²) in [7, 11) is 0. The Labute approximate surface area is 348 Å². The molecular weight excluding hydrogens is 703 g/mol. The molecule has 58 heavy (non-hydrogen) atoms. The molecule has 3 aliphatic carbocycles. The van der Waals surface area contributed by atoms with Gasteiger partial charge in [-0.3, -0.25) is 0 Å². The average molecular weight is 764 g/mol. The second-order valence-corrected chi connectivity index (χ2v) is 17.2. The van der Waals surface area contributed by atoms with Crippen molar-refractivity contribution in [1.82, 2.24) is 0 Å². The van der Waals surface area contributed by atoms with E-state index in [1.807, 2.05) is 37.3 Å². The van der Waals surface area contributed by atoms with Crippen molar-refractivity contribution in [2.75, 3.05) is 4.90 Å². The minimum atomic E-state index is 0.0250. The Hall–Kier alpha value is -5.34. The number of hydrogen-bond donors (Lipinski definition) is 1. The standard InChI is InChI=1S/C56H61NO/c1-6-9-17-40(5)49-21-15-22-50(55(49)58)43-28-34-47(35-29-43)57(46-32-26-42(27-33-46)41(8-3)16-7-2)48-36-37-52-51-20-13-14-23-53(51)56(54(52)38-48,44-18-11-10-12-19-44)45-30-24-39(4)25-31-45/h6-9,13-17,20-23,26-29,32-39,44-45,58H,10-12,18-19,24-25,30-31H2,1-5H3. The summed E-state index contributed by atoms with van der Waals surface area (Å²) in [6, 6.07) is 40.8. The lowest BCUT2D eigenvalue weighted by atomic mass is 9.54. The van der Waals surface area contributed by atoms with Gasteiger partial charge in [0.15, 0.2) is 0 Å². The van der Waals surface area contributed by atoms with Gasteiger partial charge in [0, 0.05) is 33.6 Å². The number of para-hydroxylation sites is 1. The van der Waals surface area contributed by atoms with E-state index in [2.05, 4.69) is 148 Å². The average Bonchev–Trinajstić information content (AvgIpc) is 3.56. The second-order valence-electron chi connectivity index (χ2n) is 17.2. The molecule has 3 aliphatic rings. The Morgan fingerprint density at radius 3 is 1.97 bits per heavy atom. The lowest BCUT2D eigenvalue weighted by Gasteiger charge is -2.49. The zero-order valence-corrected chi connectivity index (χ0v) is 35.3. The van der Waals surface area contributed by atoms with Gasteiger partial charge in [-0.1, -0.05) is 148 Å². The summed E-state index contributed by atoms with van der Waals surface area (Å²) in [5, 5.41) is 11.5. The first-order valence-electron chi connectivity index (χ1n) is 22.0. The van der Waals surface area contributed by atoms with Crippen molar-refractivity contribution >= 4 is 28.2 Å². The number of aromatic hydroxyl groups is 1. The molecule has 0 radical (unpaired) electrons. The zero-order chi connectivity index (χ0) is 40.2. The normalized spacial score (nSPS) is 21.4. The highest BCUT2D eigenvalue weighted by Gasteiger charge is 2.53. The third kappa shape index (κ3) is 7.21. The number of phenols is 1. The molecule has 0 heterocycles. The number of rotatable bonds is 10. The SMILES string of the molecule is CC=CC=C(C)c1cccc(-c2ccc(N(c3ccc(C(C=CC)=CC)cc3)c3ccc4c(c3)C(C3CCCCC3)(C3CCC(C)CC3)c3ccccc3-4)cc2)c1O. The molecule has 5 aromatic carbocycles. The lowest BCUT2D eigenvalue weighted by Crippen LogP contribution is -2.44. The largest absolute Gasteiger partial charge is 0.507 e. The van der Waals surface area contributed by atoms with Crippen LogP contribution in [0.5, 0.6) is 5.75 Å². The van der Waals surface area contributed by atoms with Crippen LogP contribution in [0.2, 0.25) is 0 Å². The van der Waals surface area contributed by atoms with E-state index in [1.165, 1.54) is 85.7 Å². The van der Waals surface area contributed by atoms with Gasteiger partial charge in [0.05, 0.1) is 0 Å². The summed E-state index contributed by atoms with van der Waals surface area (Å²) in [6.07, 6.45) is 24.5. The van der Waals surface area contributed by atoms with Crippen LogP contribution in [0.25, 0.3) is 33.4 Å². The highest BCUT2D eigenvalue weighted by molar-refractivity contribution is 5.88. The molecule has 2 nitrogen and oxygen atoms in total. The molecule has 2 heteroatoms. The van der Waals surface area contributed by atoms with Crippen molar-refractivity contribution in [3.63, 3.8) is 0 Å². The predicted octanol–water partition coefficient (Wildman–Crippen LogP) is 16.2. The van der Waals surface area contributed by atoms with Gasteiger partial charge in [-0.05, 0) is 152 Å². The number of phenolic OH excluding ortho intramolecular Hbond substituents is 1. The Balaban J connectivity index is 1.28. The summed E-state index contributed by atoms with van der Waals surface area (Å²) < 4.78 is 0. The van der Waals surface area contributed by atoms with Crippen LogP contribution in [0.3, 0.4) is 0 Å². The van der Waals surface area contributed by atoms with E-state index in [0.29, 0.717) is 17.6 Å².